The minimum Gasteiger partial charge on any atom is -0.352 e. The lowest BCUT2D eigenvalue weighted by atomic mass is 10.1. The van der Waals surface area contributed by atoms with Crippen molar-refractivity contribution in [1.82, 2.24) is 14.5 Å². The van der Waals surface area contributed by atoms with Crippen molar-refractivity contribution in [2.24, 2.45) is 0 Å². The third-order valence-electron chi connectivity index (χ3n) is 5.84. The molecule has 1 aliphatic heterocycles. The zero-order valence-corrected chi connectivity index (χ0v) is 20.1. The van der Waals surface area contributed by atoms with Crippen molar-refractivity contribution < 1.29 is 27.2 Å². The molecule has 2 aromatic carbocycles. The van der Waals surface area contributed by atoms with E-state index in [2.05, 4.69) is 5.32 Å². The van der Waals surface area contributed by atoms with Crippen molar-refractivity contribution in [3.05, 3.63) is 65.5 Å². The highest BCUT2D eigenvalue weighted by molar-refractivity contribution is 7.90. The third-order valence-corrected chi connectivity index (χ3v) is 7.63. The van der Waals surface area contributed by atoms with Crippen LogP contribution >= 0.6 is 0 Å². The molecule has 0 fully saturated rings. The van der Waals surface area contributed by atoms with Gasteiger partial charge in [0.15, 0.2) is 0 Å². The Bertz CT molecular complexity index is 1180. The molecule has 0 saturated carbocycles. The van der Waals surface area contributed by atoms with Crippen molar-refractivity contribution in [1.29, 1.82) is 0 Å². The van der Waals surface area contributed by atoms with Crippen LogP contribution in [0.4, 0.5) is 4.39 Å². The summed E-state index contributed by atoms with van der Waals surface area (Å²) < 4.78 is 39.8. The van der Waals surface area contributed by atoms with E-state index in [4.69, 9.17) is 0 Å². The fourth-order valence-corrected chi connectivity index (χ4v) is 5.27. The maximum Gasteiger partial charge on any atom is 0.269 e. The second kappa shape index (κ2) is 10.3. The fraction of sp³-hybridized carbons (Fsp3) is 0.375. The average Bonchev–Trinajstić information content (AvgIpc) is 3.00. The van der Waals surface area contributed by atoms with Gasteiger partial charge in [-0.05, 0) is 49.6 Å². The number of benzene rings is 2. The summed E-state index contributed by atoms with van der Waals surface area (Å²) >= 11 is 0. The summed E-state index contributed by atoms with van der Waals surface area (Å²) in [6.07, 6.45) is 0.947. The predicted octanol–water partition coefficient (Wildman–Crippen LogP) is 2.69. The molecule has 2 aromatic rings. The number of sulfonamides is 1. The summed E-state index contributed by atoms with van der Waals surface area (Å²) in [7, 11) is -4.19. The molecule has 3 rings (SSSR count). The molecule has 2 atom stereocenters. The van der Waals surface area contributed by atoms with E-state index < -0.39 is 40.2 Å². The van der Waals surface area contributed by atoms with E-state index in [1.54, 1.807) is 13.0 Å². The first kappa shape index (κ1) is 25.4. The molecular weight excluding hydrogens is 461 g/mol. The van der Waals surface area contributed by atoms with Gasteiger partial charge in [0.2, 0.25) is 11.8 Å². The third kappa shape index (κ3) is 5.11. The molecule has 2 unspecified atom stereocenters. The van der Waals surface area contributed by atoms with Crippen LogP contribution in [0.15, 0.2) is 53.4 Å². The first-order valence-corrected chi connectivity index (χ1v) is 12.5. The van der Waals surface area contributed by atoms with Gasteiger partial charge in [0, 0.05) is 12.6 Å². The number of carbonyl (C=O) groups excluding carboxylic acids is 3. The van der Waals surface area contributed by atoms with Gasteiger partial charge < -0.3 is 10.2 Å². The molecule has 0 spiro atoms. The van der Waals surface area contributed by atoms with Crippen molar-refractivity contribution in [2.45, 2.75) is 57.1 Å². The Balaban J connectivity index is 1.92. The Hall–Kier alpha value is -3.27. The zero-order chi connectivity index (χ0) is 25.0. The number of nitrogens with zero attached hydrogens (tertiary/aromatic N) is 2. The number of nitrogens with one attached hydrogen (secondary N) is 1. The molecule has 8 nitrogen and oxygen atoms in total. The second-order valence-corrected chi connectivity index (χ2v) is 10.0. The quantitative estimate of drug-likeness (QED) is 0.583. The van der Waals surface area contributed by atoms with Crippen LogP contribution < -0.4 is 5.32 Å². The van der Waals surface area contributed by atoms with Gasteiger partial charge in [-0.2, -0.15) is 0 Å². The lowest BCUT2D eigenvalue weighted by Gasteiger charge is -2.32. The highest BCUT2D eigenvalue weighted by Crippen LogP contribution is 2.30. The Morgan fingerprint density at radius 1 is 1.06 bits per heavy atom. The van der Waals surface area contributed by atoms with Crippen LogP contribution in [-0.4, -0.2) is 54.0 Å². The first-order chi connectivity index (χ1) is 16.1. The number of rotatable bonds is 9. The van der Waals surface area contributed by atoms with Crippen LogP contribution in [0.3, 0.4) is 0 Å². The highest BCUT2D eigenvalue weighted by atomic mass is 32.2. The van der Waals surface area contributed by atoms with E-state index in [0.29, 0.717) is 16.3 Å². The van der Waals surface area contributed by atoms with Gasteiger partial charge in [0.25, 0.3) is 15.9 Å². The SMILES string of the molecule is CCC(C)NC(=O)C(CC)N(Cc1ccc(F)cc1)C(=O)CN1C(=O)c2ccccc2S1(=O)=O. The smallest absolute Gasteiger partial charge is 0.269 e. The normalized spacial score (nSPS) is 16.0. The topological polar surface area (TPSA) is 104 Å². The molecule has 1 heterocycles. The molecule has 3 amide bonds. The van der Waals surface area contributed by atoms with Gasteiger partial charge in [-0.15, -0.1) is 0 Å². The number of carbonyl (C=O) groups is 3. The maximum atomic E-state index is 13.4. The van der Waals surface area contributed by atoms with Crippen LogP contribution in [-0.2, 0) is 26.2 Å². The van der Waals surface area contributed by atoms with Crippen LogP contribution in [0.2, 0.25) is 0 Å². The molecule has 0 saturated heterocycles. The van der Waals surface area contributed by atoms with E-state index in [9.17, 15) is 27.2 Å². The summed E-state index contributed by atoms with van der Waals surface area (Å²) in [5, 5.41) is 2.85. The molecule has 10 heteroatoms. The molecule has 182 valence electrons. The summed E-state index contributed by atoms with van der Waals surface area (Å²) in [4.78, 5) is 40.3. The fourth-order valence-electron chi connectivity index (χ4n) is 3.75. The largest absolute Gasteiger partial charge is 0.352 e. The highest BCUT2D eigenvalue weighted by Gasteiger charge is 2.43. The summed E-state index contributed by atoms with van der Waals surface area (Å²) in [6, 6.07) is 10.2. The van der Waals surface area contributed by atoms with Gasteiger partial charge in [0.05, 0.1) is 5.56 Å². The van der Waals surface area contributed by atoms with Gasteiger partial charge in [-0.3, -0.25) is 14.4 Å². The average molecular weight is 490 g/mol. The number of hydrogen-bond donors (Lipinski definition) is 1. The molecule has 0 aliphatic carbocycles. The predicted molar refractivity (Wildman–Crippen MR) is 124 cm³/mol. The van der Waals surface area contributed by atoms with E-state index in [1.165, 1.54) is 47.4 Å². The van der Waals surface area contributed by atoms with Crippen molar-refractivity contribution in [2.75, 3.05) is 6.54 Å². The molecule has 0 bridgehead atoms. The van der Waals surface area contributed by atoms with E-state index in [-0.39, 0.29) is 35.4 Å². The van der Waals surface area contributed by atoms with Gasteiger partial charge in [0.1, 0.15) is 23.3 Å². The molecule has 1 N–H and O–H groups in total. The van der Waals surface area contributed by atoms with E-state index in [0.717, 1.165) is 0 Å². The van der Waals surface area contributed by atoms with E-state index >= 15 is 0 Å². The van der Waals surface area contributed by atoms with Crippen molar-refractivity contribution in [3.8, 4) is 0 Å². The van der Waals surface area contributed by atoms with Crippen LogP contribution in [0.25, 0.3) is 0 Å². The minimum atomic E-state index is -4.19. The minimum absolute atomic E-state index is 0.00180. The lowest BCUT2D eigenvalue weighted by Crippen LogP contribution is -2.53. The maximum absolute atomic E-state index is 13.4. The van der Waals surface area contributed by atoms with E-state index in [1.807, 2.05) is 13.8 Å². The Kier molecular flexibility index (Phi) is 7.71. The first-order valence-electron chi connectivity index (χ1n) is 11.1. The van der Waals surface area contributed by atoms with Gasteiger partial charge >= 0.3 is 0 Å². The summed E-state index contributed by atoms with van der Waals surface area (Å²) in [6.45, 7) is 4.68. The Morgan fingerprint density at radius 3 is 2.29 bits per heavy atom. The summed E-state index contributed by atoms with van der Waals surface area (Å²) in [5.74, 6) is -2.33. The van der Waals surface area contributed by atoms with Crippen LogP contribution in [0.5, 0.6) is 0 Å². The summed E-state index contributed by atoms with van der Waals surface area (Å²) in [5.41, 5.74) is 0.561. The molecule has 1 aliphatic rings. The number of hydrogen-bond acceptors (Lipinski definition) is 5. The zero-order valence-electron chi connectivity index (χ0n) is 19.3. The number of amides is 3. The lowest BCUT2D eigenvalue weighted by molar-refractivity contribution is -0.141. The second-order valence-electron chi connectivity index (χ2n) is 8.20. The number of halogens is 1. The monoisotopic (exact) mass is 489 g/mol. The van der Waals surface area contributed by atoms with Crippen LogP contribution in [0.1, 0.15) is 49.5 Å². The molecule has 0 aromatic heterocycles. The van der Waals surface area contributed by atoms with Crippen molar-refractivity contribution in [3.63, 3.8) is 0 Å². The number of fused-ring (bicyclic) bond motifs is 1. The van der Waals surface area contributed by atoms with Crippen molar-refractivity contribution >= 4 is 27.7 Å². The van der Waals surface area contributed by atoms with Gasteiger partial charge in [-0.1, -0.05) is 38.1 Å². The molecular formula is C24H28FN3O5S. The Morgan fingerprint density at radius 2 is 1.71 bits per heavy atom. The van der Waals surface area contributed by atoms with Gasteiger partial charge in [-0.25, -0.2) is 17.1 Å². The Labute approximate surface area is 198 Å². The standard InChI is InChI=1S/C24H28FN3O5S/c1-4-16(3)26-23(30)20(5-2)27(14-17-10-12-18(25)13-11-17)22(29)15-28-24(31)19-8-6-7-9-21(19)34(28,32)33/h6-13,16,20H,4-5,14-15H2,1-3H3,(H,26,30). The van der Waals surface area contributed by atoms with Crippen LogP contribution in [0, 0.1) is 5.82 Å². The molecule has 0 radical (unpaired) electrons. The molecule has 34 heavy (non-hydrogen) atoms.